The molecule has 0 N–H and O–H groups in total. The molecule has 0 aliphatic carbocycles. The van der Waals surface area contributed by atoms with Crippen molar-refractivity contribution in [3.8, 4) is 0 Å². The highest BCUT2D eigenvalue weighted by molar-refractivity contribution is 6.17. The van der Waals surface area contributed by atoms with Gasteiger partial charge in [-0.25, -0.2) is 9.97 Å². The molecule has 2 heterocycles. The fourth-order valence-electron chi connectivity index (χ4n) is 1.71. The molecule has 5 heteroatoms. The molecule has 0 atom stereocenters. The van der Waals surface area contributed by atoms with Crippen molar-refractivity contribution in [2.75, 3.05) is 23.9 Å². The maximum atomic E-state index is 5.72. The van der Waals surface area contributed by atoms with Gasteiger partial charge in [-0.2, -0.15) is 0 Å². The van der Waals surface area contributed by atoms with Crippen LogP contribution in [-0.4, -0.2) is 33.9 Å². The highest BCUT2D eigenvalue weighted by Gasteiger charge is 2.06. The smallest absolute Gasteiger partial charge is 0.180 e. The molecular formula is C12H15ClN4. The fourth-order valence-corrected chi connectivity index (χ4v) is 1.83. The molecule has 0 amide bonds. The van der Waals surface area contributed by atoms with Crippen LogP contribution in [0.25, 0.3) is 11.2 Å². The molecule has 0 aliphatic rings. The van der Waals surface area contributed by atoms with Crippen LogP contribution in [0.15, 0.2) is 24.5 Å². The Labute approximate surface area is 106 Å². The molecule has 4 nitrogen and oxygen atoms in total. The van der Waals surface area contributed by atoms with E-state index in [1.54, 1.807) is 12.4 Å². The number of nitrogens with zero attached hydrogens (tertiary/aromatic N) is 4. The summed E-state index contributed by atoms with van der Waals surface area (Å²) in [6, 6.07) is 3.93. The van der Waals surface area contributed by atoms with Crippen LogP contribution < -0.4 is 4.90 Å². The number of pyridine rings is 1. The molecule has 0 spiro atoms. The normalized spacial score (nSPS) is 10.7. The summed E-state index contributed by atoms with van der Waals surface area (Å²) in [6.45, 7) is 3.94. The van der Waals surface area contributed by atoms with Crippen molar-refractivity contribution in [3.05, 3.63) is 24.5 Å². The Morgan fingerprint density at radius 1 is 1.24 bits per heavy atom. The van der Waals surface area contributed by atoms with Crippen LogP contribution in [0.3, 0.4) is 0 Å². The summed E-state index contributed by atoms with van der Waals surface area (Å²) in [5.74, 6) is 1.61. The van der Waals surface area contributed by atoms with Gasteiger partial charge in [-0.3, -0.25) is 4.98 Å². The third kappa shape index (κ3) is 2.82. The SMILES string of the molecule is CCN(CCCCl)c1ccc2nccnc2n1. The van der Waals surface area contributed by atoms with E-state index in [1.165, 1.54) is 0 Å². The molecule has 2 rings (SSSR count). The second-order valence-corrected chi connectivity index (χ2v) is 4.07. The Bertz CT molecular complexity index is 489. The van der Waals surface area contributed by atoms with Crippen LogP contribution in [0.1, 0.15) is 13.3 Å². The highest BCUT2D eigenvalue weighted by Crippen LogP contribution is 2.15. The second-order valence-electron chi connectivity index (χ2n) is 3.69. The molecule has 0 saturated carbocycles. The van der Waals surface area contributed by atoms with Crippen molar-refractivity contribution in [3.63, 3.8) is 0 Å². The van der Waals surface area contributed by atoms with Gasteiger partial charge < -0.3 is 4.90 Å². The third-order valence-corrected chi connectivity index (χ3v) is 2.85. The summed E-state index contributed by atoms with van der Waals surface area (Å²) in [6.07, 6.45) is 4.29. The average molecular weight is 251 g/mol. The highest BCUT2D eigenvalue weighted by atomic mass is 35.5. The van der Waals surface area contributed by atoms with Gasteiger partial charge in [0.25, 0.3) is 0 Å². The van der Waals surface area contributed by atoms with Gasteiger partial charge in [-0.15, -0.1) is 11.6 Å². The van der Waals surface area contributed by atoms with E-state index in [0.717, 1.165) is 30.8 Å². The second kappa shape index (κ2) is 5.77. The van der Waals surface area contributed by atoms with Crippen molar-refractivity contribution in [2.45, 2.75) is 13.3 Å². The van der Waals surface area contributed by atoms with Crippen LogP contribution in [0, 0.1) is 0 Å². The molecule has 90 valence electrons. The number of aromatic nitrogens is 3. The van der Waals surface area contributed by atoms with Crippen molar-refractivity contribution < 1.29 is 0 Å². The lowest BCUT2D eigenvalue weighted by atomic mass is 10.3. The molecular weight excluding hydrogens is 236 g/mol. The van der Waals surface area contributed by atoms with Crippen molar-refractivity contribution in [1.82, 2.24) is 15.0 Å². The Morgan fingerprint density at radius 3 is 2.82 bits per heavy atom. The number of hydrogen-bond acceptors (Lipinski definition) is 4. The monoisotopic (exact) mass is 250 g/mol. The van der Waals surface area contributed by atoms with Crippen LogP contribution in [-0.2, 0) is 0 Å². The van der Waals surface area contributed by atoms with Gasteiger partial charge in [-0.05, 0) is 25.5 Å². The molecule has 0 aliphatic heterocycles. The number of anilines is 1. The lowest BCUT2D eigenvalue weighted by molar-refractivity contribution is 0.783. The van der Waals surface area contributed by atoms with Crippen molar-refractivity contribution >= 4 is 28.6 Å². The first-order valence-corrected chi connectivity index (χ1v) is 6.27. The lowest BCUT2D eigenvalue weighted by Crippen LogP contribution is -2.25. The van der Waals surface area contributed by atoms with E-state index in [0.29, 0.717) is 11.5 Å². The number of rotatable bonds is 5. The summed E-state index contributed by atoms with van der Waals surface area (Å²) in [7, 11) is 0. The Hall–Kier alpha value is -1.42. The summed E-state index contributed by atoms with van der Waals surface area (Å²) in [5.41, 5.74) is 1.51. The first-order valence-electron chi connectivity index (χ1n) is 5.74. The van der Waals surface area contributed by atoms with Gasteiger partial charge in [0.15, 0.2) is 5.65 Å². The predicted molar refractivity (Wildman–Crippen MR) is 70.6 cm³/mol. The first-order chi connectivity index (χ1) is 8.35. The maximum absolute atomic E-state index is 5.72. The average Bonchev–Trinajstić information content (AvgIpc) is 2.39. The van der Waals surface area contributed by atoms with Crippen LogP contribution >= 0.6 is 11.6 Å². The molecule has 0 bridgehead atoms. The zero-order valence-corrected chi connectivity index (χ0v) is 10.6. The van der Waals surface area contributed by atoms with Crippen LogP contribution in [0.5, 0.6) is 0 Å². The number of halogens is 1. The van der Waals surface area contributed by atoms with Gasteiger partial charge >= 0.3 is 0 Å². The zero-order chi connectivity index (χ0) is 12.1. The molecule has 2 aromatic heterocycles. The Morgan fingerprint density at radius 2 is 2.06 bits per heavy atom. The standard InChI is InChI=1S/C12H15ClN4/c1-2-17(9-3-6-13)11-5-4-10-12(16-11)15-8-7-14-10/h4-5,7-8H,2-3,6,9H2,1H3. The Balaban J connectivity index is 2.27. The Kier molecular flexibility index (Phi) is 4.09. The van der Waals surface area contributed by atoms with Crippen molar-refractivity contribution in [2.24, 2.45) is 0 Å². The van der Waals surface area contributed by atoms with Gasteiger partial charge in [-0.1, -0.05) is 0 Å². The molecule has 2 aromatic rings. The minimum Gasteiger partial charge on any atom is -0.357 e. The topological polar surface area (TPSA) is 41.9 Å². The van der Waals surface area contributed by atoms with E-state index in [9.17, 15) is 0 Å². The van der Waals surface area contributed by atoms with E-state index in [4.69, 9.17) is 11.6 Å². The first kappa shape index (κ1) is 12.0. The van der Waals surface area contributed by atoms with Crippen LogP contribution in [0.4, 0.5) is 5.82 Å². The van der Waals surface area contributed by atoms with E-state index >= 15 is 0 Å². The lowest BCUT2D eigenvalue weighted by Gasteiger charge is -2.21. The fraction of sp³-hybridized carbons (Fsp3) is 0.417. The van der Waals surface area contributed by atoms with E-state index in [2.05, 4.69) is 26.8 Å². The summed E-state index contributed by atoms with van der Waals surface area (Å²) in [5, 5.41) is 0. The van der Waals surface area contributed by atoms with Gasteiger partial charge in [0.05, 0.1) is 0 Å². The predicted octanol–water partition coefficient (Wildman–Crippen LogP) is 2.48. The molecule has 0 fully saturated rings. The summed E-state index contributed by atoms with van der Waals surface area (Å²) in [4.78, 5) is 15.1. The molecule has 17 heavy (non-hydrogen) atoms. The number of hydrogen-bond donors (Lipinski definition) is 0. The quantitative estimate of drug-likeness (QED) is 0.765. The zero-order valence-electron chi connectivity index (χ0n) is 9.80. The number of fused-ring (bicyclic) bond motifs is 1. The van der Waals surface area contributed by atoms with Gasteiger partial charge in [0, 0.05) is 31.4 Å². The van der Waals surface area contributed by atoms with E-state index in [1.807, 2.05) is 12.1 Å². The molecule has 0 aromatic carbocycles. The van der Waals surface area contributed by atoms with E-state index in [-0.39, 0.29) is 0 Å². The summed E-state index contributed by atoms with van der Waals surface area (Å²) >= 11 is 5.72. The minimum atomic E-state index is 0.671. The van der Waals surface area contributed by atoms with Crippen LogP contribution in [0.2, 0.25) is 0 Å². The molecule has 0 saturated heterocycles. The largest absolute Gasteiger partial charge is 0.357 e. The maximum Gasteiger partial charge on any atom is 0.180 e. The van der Waals surface area contributed by atoms with Gasteiger partial charge in [0.2, 0.25) is 0 Å². The summed E-state index contributed by atoms with van der Waals surface area (Å²) < 4.78 is 0. The third-order valence-electron chi connectivity index (χ3n) is 2.58. The van der Waals surface area contributed by atoms with Gasteiger partial charge in [0.1, 0.15) is 11.3 Å². The molecule has 0 radical (unpaired) electrons. The van der Waals surface area contributed by atoms with E-state index < -0.39 is 0 Å². The minimum absolute atomic E-state index is 0.671. The number of alkyl halides is 1. The molecule has 0 unspecified atom stereocenters. The van der Waals surface area contributed by atoms with Crippen molar-refractivity contribution in [1.29, 1.82) is 0 Å².